The summed E-state index contributed by atoms with van der Waals surface area (Å²) in [6.07, 6.45) is 2.51. The standard InChI is InChI=1S/C12H16BrNO3S/c1-18(15,16)14-12(6-8-17-9-7-12)10-2-4-11(13)5-3-10/h2-5,14H,6-9H2,1H3. The van der Waals surface area contributed by atoms with E-state index in [9.17, 15) is 8.42 Å². The van der Waals surface area contributed by atoms with E-state index in [0.717, 1.165) is 10.0 Å². The molecule has 6 heteroatoms. The van der Waals surface area contributed by atoms with Gasteiger partial charge in [0.05, 0.1) is 11.8 Å². The third kappa shape index (κ3) is 3.32. The molecule has 0 aromatic heterocycles. The van der Waals surface area contributed by atoms with E-state index in [0.29, 0.717) is 26.1 Å². The first-order valence-electron chi connectivity index (χ1n) is 5.74. The summed E-state index contributed by atoms with van der Waals surface area (Å²) in [7, 11) is -3.26. The Balaban J connectivity index is 2.38. The van der Waals surface area contributed by atoms with E-state index in [1.54, 1.807) is 0 Å². The lowest BCUT2D eigenvalue weighted by atomic mass is 9.84. The molecule has 1 aliphatic heterocycles. The van der Waals surface area contributed by atoms with Gasteiger partial charge in [0.1, 0.15) is 0 Å². The smallest absolute Gasteiger partial charge is 0.209 e. The quantitative estimate of drug-likeness (QED) is 0.920. The molecule has 1 fully saturated rings. The zero-order chi connectivity index (χ0) is 13.2. The van der Waals surface area contributed by atoms with Crippen molar-refractivity contribution < 1.29 is 13.2 Å². The number of ether oxygens (including phenoxy) is 1. The van der Waals surface area contributed by atoms with Crippen LogP contribution in [0.5, 0.6) is 0 Å². The minimum atomic E-state index is -3.26. The van der Waals surface area contributed by atoms with Crippen molar-refractivity contribution in [1.82, 2.24) is 4.72 Å². The largest absolute Gasteiger partial charge is 0.381 e. The molecule has 1 heterocycles. The third-order valence-corrected chi connectivity index (χ3v) is 4.41. The number of sulfonamides is 1. The van der Waals surface area contributed by atoms with Crippen LogP contribution in [0.25, 0.3) is 0 Å². The monoisotopic (exact) mass is 333 g/mol. The molecule has 1 aromatic carbocycles. The number of rotatable bonds is 3. The van der Waals surface area contributed by atoms with Crippen molar-refractivity contribution in [3.05, 3.63) is 34.3 Å². The second-order valence-electron chi connectivity index (χ2n) is 4.58. The van der Waals surface area contributed by atoms with Crippen LogP contribution >= 0.6 is 15.9 Å². The Morgan fingerprint density at radius 2 is 1.78 bits per heavy atom. The summed E-state index contributed by atoms with van der Waals surface area (Å²) in [4.78, 5) is 0. The molecule has 2 rings (SSSR count). The molecule has 1 N–H and O–H groups in total. The van der Waals surface area contributed by atoms with Crippen LogP contribution < -0.4 is 4.72 Å². The molecule has 100 valence electrons. The summed E-state index contributed by atoms with van der Waals surface area (Å²) in [6.45, 7) is 1.14. The Kier molecular flexibility index (Phi) is 4.11. The average molecular weight is 334 g/mol. The molecule has 0 spiro atoms. The van der Waals surface area contributed by atoms with Crippen LogP contribution in [0.1, 0.15) is 18.4 Å². The molecule has 0 radical (unpaired) electrons. The number of nitrogens with one attached hydrogen (secondary N) is 1. The predicted molar refractivity (Wildman–Crippen MR) is 73.9 cm³/mol. The van der Waals surface area contributed by atoms with Crippen molar-refractivity contribution in [3.63, 3.8) is 0 Å². The molecule has 4 nitrogen and oxygen atoms in total. The van der Waals surface area contributed by atoms with Gasteiger partial charge in [-0.1, -0.05) is 28.1 Å². The van der Waals surface area contributed by atoms with Crippen LogP contribution in [-0.2, 0) is 20.3 Å². The van der Waals surface area contributed by atoms with Gasteiger partial charge in [-0.05, 0) is 30.5 Å². The lowest BCUT2D eigenvalue weighted by Gasteiger charge is -2.37. The van der Waals surface area contributed by atoms with Crippen molar-refractivity contribution in [1.29, 1.82) is 0 Å². The summed E-state index contributed by atoms with van der Waals surface area (Å²) in [5, 5.41) is 0. The van der Waals surface area contributed by atoms with Gasteiger partial charge >= 0.3 is 0 Å². The molecule has 1 aliphatic rings. The highest BCUT2D eigenvalue weighted by Crippen LogP contribution is 2.33. The summed E-state index contributed by atoms with van der Waals surface area (Å²) >= 11 is 3.39. The van der Waals surface area contributed by atoms with E-state index in [2.05, 4.69) is 20.7 Å². The minimum Gasteiger partial charge on any atom is -0.381 e. The van der Waals surface area contributed by atoms with E-state index >= 15 is 0 Å². The fourth-order valence-electron chi connectivity index (χ4n) is 2.29. The van der Waals surface area contributed by atoms with Crippen molar-refractivity contribution in [2.45, 2.75) is 18.4 Å². The van der Waals surface area contributed by atoms with Crippen molar-refractivity contribution in [2.24, 2.45) is 0 Å². The molecule has 0 bridgehead atoms. The second-order valence-corrected chi connectivity index (χ2v) is 7.24. The number of halogens is 1. The average Bonchev–Trinajstić information content (AvgIpc) is 2.28. The maximum Gasteiger partial charge on any atom is 0.209 e. The van der Waals surface area contributed by atoms with Crippen molar-refractivity contribution in [3.8, 4) is 0 Å². The van der Waals surface area contributed by atoms with E-state index in [-0.39, 0.29) is 0 Å². The van der Waals surface area contributed by atoms with Gasteiger partial charge in [0, 0.05) is 17.7 Å². The Morgan fingerprint density at radius 3 is 2.28 bits per heavy atom. The molecule has 0 unspecified atom stereocenters. The van der Waals surface area contributed by atoms with Crippen molar-refractivity contribution in [2.75, 3.05) is 19.5 Å². The highest BCUT2D eigenvalue weighted by atomic mass is 79.9. The Morgan fingerprint density at radius 1 is 1.22 bits per heavy atom. The Labute approximate surface area is 116 Å². The van der Waals surface area contributed by atoms with Gasteiger partial charge in [0.2, 0.25) is 10.0 Å². The molecule has 1 aromatic rings. The summed E-state index contributed by atoms with van der Waals surface area (Å²) in [5.41, 5.74) is 0.450. The highest BCUT2D eigenvalue weighted by Gasteiger charge is 2.36. The molecule has 0 atom stereocenters. The molecule has 0 amide bonds. The minimum absolute atomic E-state index is 0.535. The normalized spacial score (nSPS) is 19.7. The molecular weight excluding hydrogens is 318 g/mol. The van der Waals surface area contributed by atoms with E-state index < -0.39 is 15.6 Å². The number of hydrogen-bond donors (Lipinski definition) is 1. The summed E-state index contributed by atoms with van der Waals surface area (Å²) < 4.78 is 32.3. The lowest BCUT2D eigenvalue weighted by Crippen LogP contribution is -2.49. The third-order valence-electron chi connectivity index (χ3n) is 3.12. The predicted octanol–water partition coefficient (Wildman–Crippen LogP) is 2.00. The first-order chi connectivity index (χ1) is 8.41. The Hall–Kier alpha value is -0.430. The van der Waals surface area contributed by atoms with Gasteiger partial charge in [-0.15, -0.1) is 0 Å². The highest BCUT2D eigenvalue weighted by molar-refractivity contribution is 9.10. The summed E-state index contributed by atoms with van der Waals surface area (Å²) in [5.74, 6) is 0. The van der Waals surface area contributed by atoms with Crippen molar-refractivity contribution >= 4 is 26.0 Å². The van der Waals surface area contributed by atoms with Gasteiger partial charge in [-0.2, -0.15) is 0 Å². The topological polar surface area (TPSA) is 55.4 Å². The van der Waals surface area contributed by atoms with Gasteiger partial charge in [-0.3, -0.25) is 0 Å². The van der Waals surface area contributed by atoms with E-state index in [4.69, 9.17) is 4.74 Å². The van der Waals surface area contributed by atoms with Gasteiger partial charge in [-0.25, -0.2) is 13.1 Å². The van der Waals surface area contributed by atoms with Crippen LogP contribution in [0.3, 0.4) is 0 Å². The number of benzene rings is 1. The maximum atomic E-state index is 11.6. The summed E-state index contributed by atoms with van der Waals surface area (Å²) in [6, 6.07) is 7.76. The first kappa shape index (κ1) is 14.0. The molecular formula is C12H16BrNO3S. The van der Waals surface area contributed by atoms with Crippen LogP contribution in [0.15, 0.2) is 28.7 Å². The lowest BCUT2D eigenvalue weighted by molar-refractivity contribution is 0.0460. The van der Waals surface area contributed by atoms with Gasteiger partial charge in [0.25, 0.3) is 0 Å². The molecule has 0 saturated carbocycles. The SMILES string of the molecule is CS(=O)(=O)NC1(c2ccc(Br)cc2)CCOCC1. The zero-order valence-corrected chi connectivity index (χ0v) is 12.6. The first-order valence-corrected chi connectivity index (χ1v) is 8.42. The van der Waals surface area contributed by atoms with Gasteiger partial charge < -0.3 is 4.74 Å². The van der Waals surface area contributed by atoms with Gasteiger partial charge in [0.15, 0.2) is 0 Å². The number of hydrogen-bond acceptors (Lipinski definition) is 3. The van der Waals surface area contributed by atoms with Crippen LogP contribution in [0.4, 0.5) is 0 Å². The zero-order valence-electron chi connectivity index (χ0n) is 10.1. The van der Waals surface area contributed by atoms with E-state index in [1.165, 1.54) is 6.26 Å². The van der Waals surface area contributed by atoms with Crippen LogP contribution in [0.2, 0.25) is 0 Å². The maximum absolute atomic E-state index is 11.6. The Bertz CT molecular complexity index is 507. The fourth-order valence-corrected chi connectivity index (χ4v) is 3.59. The second kappa shape index (κ2) is 5.28. The molecule has 0 aliphatic carbocycles. The molecule has 18 heavy (non-hydrogen) atoms. The van der Waals surface area contributed by atoms with Crippen LogP contribution in [-0.4, -0.2) is 27.9 Å². The molecule has 1 saturated heterocycles. The fraction of sp³-hybridized carbons (Fsp3) is 0.500. The van der Waals surface area contributed by atoms with Crippen LogP contribution in [0, 0.1) is 0 Å². The van der Waals surface area contributed by atoms with E-state index in [1.807, 2.05) is 24.3 Å².